The molecule has 0 spiro atoms. The number of aromatic amines is 1. The molecule has 0 aliphatic carbocycles. The summed E-state index contributed by atoms with van der Waals surface area (Å²) in [6.07, 6.45) is 0.771. The molecule has 1 heterocycles. The zero-order valence-electron chi connectivity index (χ0n) is 12.2. The predicted molar refractivity (Wildman–Crippen MR) is 80.2 cm³/mol. The number of aromatic nitrogens is 4. The van der Waals surface area contributed by atoms with Crippen molar-refractivity contribution < 1.29 is 4.79 Å². The van der Waals surface area contributed by atoms with Crippen molar-refractivity contribution in [1.29, 1.82) is 0 Å². The summed E-state index contributed by atoms with van der Waals surface area (Å²) in [5.74, 6) is 0.675. The summed E-state index contributed by atoms with van der Waals surface area (Å²) in [5, 5.41) is 16.7. The largest absolute Gasteiger partial charge is 0.330 e. The number of nitrogens with two attached hydrogens (primary N) is 1. The van der Waals surface area contributed by atoms with E-state index >= 15 is 0 Å². The van der Waals surface area contributed by atoms with Crippen LogP contribution in [0.15, 0.2) is 24.3 Å². The van der Waals surface area contributed by atoms with Crippen molar-refractivity contribution >= 4 is 11.6 Å². The van der Waals surface area contributed by atoms with Gasteiger partial charge in [-0.3, -0.25) is 4.79 Å². The molecule has 0 saturated heterocycles. The minimum atomic E-state index is -0.182. The highest BCUT2D eigenvalue weighted by molar-refractivity contribution is 5.93. The van der Waals surface area contributed by atoms with Gasteiger partial charge in [0.2, 0.25) is 11.7 Å². The number of hydrogen-bond donors (Lipinski definition) is 3. The van der Waals surface area contributed by atoms with Crippen LogP contribution < -0.4 is 11.1 Å². The molecular formula is C14H20N6O. The molecule has 0 radical (unpaired) electrons. The predicted octanol–water partition coefficient (Wildman–Crippen LogP) is 1.43. The van der Waals surface area contributed by atoms with E-state index in [0.29, 0.717) is 24.0 Å². The number of anilines is 1. The van der Waals surface area contributed by atoms with Crippen LogP contribution in [-0.4, -0.2) is 33.1 Å². The van der Waals surface area contributed by atoms with Crippen molar-refractivity contribution in [3.63, 3.8) is 0 Å². The highest BCUT2D eigenvalue weighted by Gasteiger charge is 2.18. The van der Waals surface area contributed by atoms with Gasteiger partial charge in [-0.1, -0.05) is 26.0 Å². The van der Waals surface area contributed by atoms with Gasteiger partial charge in [0.15, 0.2) is 0 Å². The quantitative estimate of drug-likeness (QED) is 0.744. The molecule has 1 atom stereocenters. The summed E-state index contributed by atoms with van der Waals surface area (Å²) in [5.41, 5.74) is 7.17. The second kappa shape index (κ2) is 6.94. The standard InChI is InChI=1S/C14H20N6O/c1-9(2)6-11(8-15)14(21)16-12-5-3-4-10(7-12)13-17-19-20-18-13/h3-5,7,9,11H,6,8,15H2,1-2H3,(H,16,21)(H,17,18,19,20). The van der Waals surface area contributed by atoms with Gasteiger partial charge >= 0.3 is 0 Å². The SMILES string of the molecule is CC(C)CC(CN)C(=O)Nc1cccc(-c2nn[nH]n2)c1. The Labute approximate surface area is 123 Å². The van der Waals surface area contributed by atoms with Crippen LogP contribution in [0, 0.1) is 11.8 Å². The minimum Gasteiger partial charge on any atom is -0.330 e. The normalized spacial score (nSPS) is 12.4. The Kier molecular flexibility index (Phi) is 4.99. The van der Waals surface area contributed by atoms with Gasteiger partial charge < -0.3 is 11.1 Å². The molecule has 0 aliphatic heterocycles. The first-order valence-corrected chi connectivity index (χ1v) is 6.95. The van der Waals surface area contributed by atoms with E-state index in [1.54, 1.807) is 0 Å². The number of amides is 1. The lowest BCUT2D eigenvalue weighted by atomic mass is 9.96. The van der Waals surface area contributed by atoms with Crippen LogP contribution in [0.1, 0.15) is 20.3 Å². The molecule has 1 amide bonds. The number of tetrazole rings is 1. The Balaban J connectivity index is 2.09. The lowest BCUT2D eigenvalue weighted by Crippen LogP contribution is -2.30. The molecule has 0 fully saturated rings. The molecule has 1 aromatic carbocycles. The first kappa shape index (κ1) is 15.1. The van der Waals surface area contributed by atoms with Crippen LogP contribution in [-0.2, 0) is 4.79 Å². The molecular weight excluding hydrogens is 268 g/mol. The smallest absolute Gasteiger partial charge is 0.228 e. The fourth-order valence-corrected chi connectivity index (χ4v) is 2.14. The third kappa shape index (κ3) is 4.09. The van der Waals surface area contributed by atoms with Crippen LogP contribution in [0.25, 0.3) is 11.4 Å². The van der Waals surface area contributed by atoms with Gasteiger partial charge in [0.1, 0.15) is 0 Å². The summed E-state index contributed by atoms with van der Waals surface area (Å²) in [6, 6.07) is 7.33. The van der Waals surface area contributed by atoms with Crippen molar-refractivity contribution in [2.24, 2.45) is 17.6 Å². The summed E-state index contributed by atoms with van der Waals surface area (Å²) >= 11 is 0. The van der Waals surface area contributed by atoms with Crippen molar-refractivity contribution in [3.05, 3.63) is 24.3 Å². The van der Waals surface area contributed by atoms with Gasteiger partial charge in [-0.05, 0) is 29.7 Å². The average molecular weight is 288 g/mol. The first-order chi connectivity index (χ1) is 10.1. The fraction of sp³-hybridized carbons (Fsp3) is 0.429. The zero-order chi connectivity index (χ0) is 15.2. The number of rotatable bonds is 6. The Hall–Kier alpha value is -2.28. The zero-order valence-corrected chi connectivity index (χ0v) is 12.2. The van der Waals surface area contributed by atoms with E-state index in [9.17, 15) is 4.79 Å². The molecule has 7 nitrogen and oxygen atoms in total. The van der Waals surface area contributed by atoms with Gasteiger partial charge in [0, 0.05) is 17.8 Å². The van der Waals surface area contributed by atoms with Gasteiger partial charge in [-0.2, -0.15) is 5.21 Å². The van der Waals surface area contributed by atoms with Gasteiger partial charge in [-0.15, -0.1) is 10.2 Å². The topological polar surface area (TPSA) is 110 Å². The molecule has 4 N–H and O–H groups in total. The molecule has 0 aliphatic rings. The first-order valence-electron chi connectivity index (χ1n) is 6.95. The summed E-state index contributed by atoms with van der Waals surface area (Å²) in [7, 11) is 0. The van der Waals surface area contributed by atoms with Gasteiger partial charge in [0.05, 0.1) is 5.92 Å². The summed E-state index contributed by atoms with van der Waals surface area (Å²) < 4.78 is 0. The van der Waals surface area contributed by atoms with E-state index in [1.165, 1.54) is 0 Å². The number of nitrogens with one attached hydrogen (secondary N) is 2. The van der Waals surface area contributed by atoms with Gasteiger partial charge in [-0.25, -0.2) is 0 Å². The average Bonchev–Trinajstić information content (AvgIpc) is 2.99. The molecule has 0 saturated carbocycles. The highest BCUT2D eigenvalue weighted by atomic mass is 16.1. The van der Waals surface area contributed by atoms with Crippen molar-refractivity contribution in [2.75, 3.05) is 11.9 Å². The highest BCUT2D eigenvalue weighted by Crippen LogP contribution is 2.20. The minimum absolute atomic E-state index is 0.0588. The van der Waals surface area contributed by atoms with Crippen LogP contribution in [0.4, 0.5) is 5.69 Å². The Morgan fingerprint density at radius 1 is 1.43 bits per heavy atom. The Morgan fingerprint density at radius 2 is 2.24 bits per heavy atom. The Morgan fingerprint density at radius 3 is 2.86 bits per heavy atom. The molecule has 112 valence electrons. The molecule has 7 heteroatoms. The molecule has 2 aromatic rings. The second-order valence-corrected chi connectivity index (χ2v) is 5.37. The number of nitrogens with zero attached hydrogens (tertiary/aromatic N) is 3. The fourth-order valence-electron chi connectivity index (χ4n) is 2.14. The third-order valence-electron chi connectivity index (χ3n) is 3.14. The van der Waals surface area contributed by atoms with E-state index in [4.69, 9.17) is 5.73 Å². The van der Waals surface area contributed by atoms with E-state index in [2.05, 4.69) is 39.8 Å². The van der Waals surface area contributed by atoms with E-state index in [1.807, 2.05) is 24.3 Å². The molecule has 21 heavy (non-hydrogen) atoms. The maximum Gasteiger partial charge on any atom is 0.228 e. The lowest BCUT2D eigenvalue weighted by Gasteiger charge is -2.17. The summed E-state index contributed by atoms with van der Waals surface area (Å²) in [6.45, 7) is 4.49. The maximum absolute atomic E-state index is 12.2. The number of H-pyrrole nitrogens is 1. The van der Waals surface area contributed by atoms with Crippen LogP contribution in [0.2, 0.25) is 0 Å². The molecule has 1 aromatic heterocycles. The monoisotopic (exact) mass is 288 g/mol. The van der Waals surface area contributed by atoms with Crippen molar-refractivity contribution in [2.45, 2.75) is 20.3 Å². The van der Waals surface area contributed by atoms with E-state index in [-0.39, 0.29) is 11.8 Å². The molecule has 0 bridgehead atoms. The molecule has 1 unspecified atom stereocenters. The Bertz CT molecular complexity index is 581. The third-order valence-corrected chi connectivity index (χ3v) is 3.14. The van der Waals surface area contributed by atoms with Gasteiger partial charge in [0.25, 0.3) is 0 Å². The van der Waals surface area contributed by atoms with Crippen molar-refractivity contribution in [1.82, 2.24) is 20.6 Å². The number of carbonyl (C=O) groups is 1. The maximum atomic E-state index is 12.2. The van der Waals surface area contributed by atoms with Crippen LogP contribution >= 0.6 is 0 Å². The lowest BCUT2D eigenvalue weighted by molar-refractivity contribution is -0.120. The van der Waals surface area contributed by atoms with Crippen LogP contribution in [0.3, 0.4) is 0 Å². The number of hydrogen-bond acceptors (Lipinski definition) is 5. The van der Waals surface area contributed by atoms with E-state index < -0.39 is 0 Å². The molecule has 2 rings (SSSR count). The van der Waals surface area contributed by atoms with Crippen molar-refractivity contribution in [3.8, 4) is 11.4 Å². The summed E-state index contributed by atoms with van der Waals surface area (Å²) in [4.78, 5) is 12.2. The van der Waals surface area contributed by atoms with E-state index in [0.717, 1.165) is 12.0 Å². The van der Waals surface area contributed by atoms with Crippen LogP contribution in [0.5, 0.6) is 0 Å². The number of benzene rings is 1. The second-order valence-electron chi connectivity index (χ2n) is 5.37. The number of carbonyl (C=O) groups excluding carboxylic acids is 1.